The Hall–Kier alpha value is -1.91. The molecule has 0 amide bonds. The van der Waals surface area contributed by atoms with Crippen molar-refractivity contribution in [3.8, 4) is 11.5 Å². The van der Waals surface area contributed by atoms with Crippen molar-refractivity contribution in [3.63, 3.8) is 0 Å². The zero-order valence-electron chi connectivity index (χ0n) is 10.7. The molecule has 2 aromatic rings. The van der Waals surface area contributed by atoms with Crippen molar-refractivity contribution in [2.24, 2.45) is 0 Å². The first-order valence-electron chi connectivity index (χ1n) is 6.03. The summed E-state index contributed by atoms with van der Waals surface area (Å²) in [5.74, 6) is 0.745. The molecule has 100 valence electrons. The number of benzene rings is 2. The third kappa shape index (κ3) is 3.77. The molecule has 0 atom stereocenters. The highest BCUT2D eigenvalue weighted by Crippen LogP contribution is 2.24. The van der Waals surface area contributed by atoms with E-state index < -0.39 is 0 Å². The van der Waals surface area contributed by atoms with Crippen LogP contribution in [0.3, 0.4) is 0 Å². The highest BCUT2D eigenvalue weighted by atomic mass is 19.1. The Bertz CT molecular complexity index is 540. The predicted octanol–water partition coefficient (Wildman–Crippen LogP) is 2.83. The van der Waals surface area contributed by atoms with Crippen LogP contribution in [0.4, 0.5) is 4.39 Å². The van der Waals surface area contributed by atoms with Crippen LogP contribution in [-0.4, -0.2) is 12.2 Å². The van der Waals surface area contributed by atoms with Gasteiger partial charge in [0, 0.05) is 12.6 Å². The minimum Gasteiger partial charge on any atom is -0.457 e. The van der Waals surface area contributed by atoms with Gasteiger partial charge in [0.25, 0.3) is 0 Å². The van der Waals surface area contributed by atoms with E-state index in [4.69, 9.17) is 9.84 Å². The fourth-order valence-electron chi connectivity index (χ4n) is 1.78. The molecule has 0 heterocycles. The smallest absolute Gasteiger partial charge is 0.130 e. The molecule has 0 aliphatic heterocycles. The van der Waals surface area contributed by atoms with Crippen LogP contribution in [0.1, 0.15) is 11.1 Å². The number of hydrogen-bond acceptors (Lipinski definition) is 3. The van der Waals surface area contributed by atoms with Crippen molar-refractivity contribution in [2.45, 2.75) is 13.2 Å². The highest BCUT2D eigenvalue weighted by Gasteiger charge is 2.03. The summed E-state index contributed by atoms with van der Waals surface area (Å²) in [6.07, 6.45) is 0. The fraction of sp³-hybridized carbons (Fsp3) is 0.200. The quantitative estimate of drug-likeness (QED) is 0.869. The molecule has 0 aromatic heterocycles. The maximum atomic E-state index is 13.4. The van der Waals surface area contributed by atoms with Gasteiger partial charge < -0.3 is 15.2 Å². The Morgan fingerprint density at radius 3 is 2.42 bits per heavy atom. The van der Waals surface area contributed by atoms with Crippen LogP contribution in [0.5, 0.6) is 11.5 Å². The molecular formula is C15H16FNO2. The highest BCUT2D eigenvalue weighted by molar-refractivity contribution is 5.35. The Kier molecular flexibility index (Phi) is 4.49. The van der Waals surface area contributed by atoms with Crippen LogP contribution in [0.2, 0.25) is 0 Å². The van der Waals surface area contributed by atoms with Gasteiger partial charge in [-0.15, -0.1) is 0 Å². The molecule has 0 aliphatic rings. The van der Waals surface area contributed by atoms with Gasteiger partial charge in [-0.3, -0.25) is 0 Å². The molecule has 4 heteroatoms. The summed E-state index contributed by atoms with van der Waals surface area (Å²) in [5, 5.41) is 11.9. The average molecular weight is 261 g/mol. The molecule has 0 saturated carbocycles. The lowest BCUT2D eigenvalue weighted by Crippen LogP contribution is -2.05. The van der Waals surface area contributed by atoms with Crippen molar-refractivity contribution in [2.75, 3.05) is 7.05 Å². The van der Waals surface area contributed by atoms with E-state index in [9.17, 15) is 4.39 Å². The summed E-state index contributed by atoms with van der Waals surface area (Å²) in [5.41, 5.74) is 1.63. The molecule has 0 unspecified atom stereocenters. The summed E-state index contributed by atoms with van der Waals surface area (Å²) in [6, 6.07) is 11.6. The Balaban J connectivity index is 2.17. The molecule has 0 aliphatic carbocycles. The first-order chi connectivity index (χ1) is 9.21. The number of aliphatic hydroxyl groups is 1. The normalized spacial score (nSPS) is 10.5. The van der Waals surface area contributed by atoms with Gasteiger partial charge in [-0.1, -0.05) is 12.1 Å². The second kappa shape index (κ2) is 6.31. The maximum Gasteiger partial charge on any atom is 0.130 e. The number of halogens is 1. The van der Waals surface area contributed by atoms with Crippen LogP contribution in [0.15, 0.2) is 42.5 Å². The largest absolute Gasteiger partial charge is 0.457 e. The fourth-order valence-corrected chi connectivity index (χ4v) is 1.78. The van der Waals surface area contributed by atoms with Crippen LogP contribution >= 0.6 is 0 Å². The summed E-state index contributed by atoms with van der Waals surface area (Å²) < 4.78 is 19.0. The molecule has 19 heavy (non-hydrogen) atoms. The van der Waals surface area contributed by atoms with Gasteiger partial charge in [-0.25, -0.2) is 4.39 Å². The second-order valence-electron chi connectivity index (χ2n) is 4.23. The first kappa shape index (κ1) is 13.5. The van der Waals surface area contributed by atoms with Gasteiger partial charge in [-0.05, 0) is 42.4 Å². The lowest BCUT2D eigenvalue weighted by molar-refractivity contribution is 0.281. The van der Waals surface area contributed by atoms with Gasteiger partial charge in [-0.2, -0.15) is 0 Å². The monoisotopic (exact) mass is 261 g/mol. The number of aliphatic hydroxyl groups excluding tert-OH is 1. The molecule has 0 fully saturated rings. The molecule has 0 radical (unpaired) electrons. The van der Waals surface area contributed by atoms with Crippen LogP contribution in [0.25, 0.3) is 0 Å². The minimum atomic E-state index is -0.324. The molecule has 2 aromatic carbocycles. The summed E-state index contributed by atoms with van der Waals surface area (Å²) in [7, 11) is 1.80. The van der Waals surface area contributed by atoms with E-state index in [1.165, 1.54) is 12.1 Å². The van der Waals surface area contributed by atoms with E-state index in [-0.39, 0.29) is 12.4 Å². The van der Waals surface area contributed by atoms with E-state index in [0.717, 1.165) is 11.1 Å². The second-order valence-corrected chi connectivity index (χ2v) is 4.23. The third-order valence-corrected chi connectivity index (χ3v) is 2.65. The van der Waals surface area contributed by atoms with Gasteiger partial charge >= 0.3 is 0 Å². The number of ether oxygens (including phenoxy) is 1. The van der Waals surface area contributed by atoms with Crippen molar-refractivity contribution in [1.29, 1.82) is 0 Å². The van der Waals surface area contributed by atoms with Crippen LogP contribution in [-0.2, 0) is 13.2 Å². The molecule has 2 rings (SSSR count). The van der Waals surface area contributed by atoms with Crippen molar-refractivity contribution >= 4 is 0 Å². The third-order valence-electron chi connectivity index (χ3n) is 2.65. The molecule has 0 saturated heterocycles. The standard InChI is InChI=1S/C15H16FNO2/c1-17-9-12-6-13(16)8-15(7-12)19-14-4-2-11(10-18)3-5-14/h2-8,17-18H,9-10H2,1H3. The van der Waals surface area contributed by atoms with E-state index in [0.29, 0.717) is 18.0 Å². The molecule has 0 spiro atoms. The zero-order chi connectivity index (χ0) is 13.7. The topological polar surface area (TPSA) is 41.5 Å². The lowest BCUT2D eigenvalue weighted by Gasteiger charge is -2.08. The Morgan fingerprint density at radius 2 is 1.79 bits per heavy atom. The van der Waals surface area contributed by atoms with Crippen LogP contribution in [0, 0.1) is 5.82 Å². The van der Waals surface area contributed by atoms with E-state index in [1.807, 2.05) is 0 Å². The average Bonchev–Trinajstić information content (AvgIpc) is 2.39. The van der Waals surface area contributed by atoms with Gasteiger partial charge in [0.05, 0.1) is 6.61 Å². The van der Waals surface area contributed by atoms with Crippen LogP contribution < -0.4 is 10.1 Å². The number of rotatable bonds is 5. The van der Waals surface area contributed by atoms with Crippen molar-refractivity contribution in [1.82, 2.24) is 5.32 Å². The van der Waals surface area contributed by atoms with Crippen molar-refractivity contribution in [3.05, 3.63) is 59.4 Å². The molecular weight excluding hydrogens is 245 g/mol. The van der Waals surface area contributed by atoms with E-state index in [1.54, 1.807) is 37.4 Å². The Morgan fingerprint density at radius 1 is 1.05 bits per heavy atom. The van der Waals surface area contributed by atoms with Crippen molar-refractivity contribution < 1.29 is 14.2 Å². The molecule has 0 bridgehead atoms. The number of nitrogens with one attached hydrogen (secondary N) is 1. The lowest BCUT2D eigenvalue weighted by atomic mass is 10.2. The molecule has 2 N–H and O–H groups in total. The maximum absolute atomic E-state index is 13.4. The molecule has 3 nitrogen and oxygen atoms in total. The van der Waals surface area contributed by atoms with E-state index in [2.05, 4.69) is 5.32 Å². The summed E-state index contributed by atoms with van der Waals surface area (Å²) >= 11 is 0. The van der Waals surface area contributed by atoms with Gasteiger partial charge in [0.15, 0.2) is 0 Å². The predicted molar refractivity (Wildman–Crippen MR) is 71.6 cm³/mol. The Labute approximate surface area is 111 Å². The van der Waals surface area contributed by atoms with Gasteiger partial charge in [0.1, 0.15) is 17.3 Å². The van der Waals surface area contributed by atoms with Gasteiger partial charge in [0.2, 0.25) is 0 Å². The summed E-state index contributed by atoms with van der Waals surface area (Å²) in [4.78, 5) is 0. The zero-order valence-corrected chi connectivity index (χ0v) is 10.7. The first-order valence-corrected chi connectivity index (χ1v) is 6.03. The minimum absolute atomic E-state index is 0.00738. The van der Waals surface area contributed by atoms with E-state index >= 15 is 0 Å². The number of hydrogen-bond donors (Lipinski definition) is 2. The summed E-state index contributed by atoms with van der Waals surface area (Å²) in [6.45, 7) is 0.574. The SMILES string of the molecule is CNCc1cc(F)cc(Oc2ccc(CO)cc2)c1.